The normalized spacial score (nSPS) is 18.9. The summed E-state index contributed by atoms with van der Waals surface area (Å²) in [6, 6.07) is 10.6. The van der Waals surface area contributed by atoms with Crippen LogP contribution in [0.15, 0.2) is 40.8 Å². The van der Waals surface area contributed by atoms with E-state index in [0.29, 0.717) is 12.6 Å². The first-order valence-electron chi connectivity index (χ1n) is 6.47. The van der Waals surface area contributed by atoms with E-state index < -0.39 is 0 Å². The number of furan rings is 1. The standard InChI is InChI=1S/C15H16FNO2/c16-12-3-1-11(2-4-12)15-6-5-14(19-15)9-17-13-7-8-18-10-13/h1-6,13,17H,7-10H2. The van der Waals surface area contributed by atoms with Crippen molar-refractivity contribution < 1.29 is 13.5 Å². The van der Waals surface area contributed by atoms with E-state index in [-0.39, 0.29) is 5.82 Å². The second-order valence-corrected chi connectivity index (χ2v) is 4.71. The van der Waals surface area contributed by atoms with Crippen molar-refractivity contribution in [2.45, 2.75) is 19.0 Å². The Hall–Kier alpha value is -1.65. The molecule has 1 aromatic carbocycles. The van der Waals surface area contributed by atoms with Crippen molar-refractivity contribution in [1.29, 1.82) is 0 Å². The Kier molecular flexibility index (Phi) is 3.62. The van der Waals surface area contributed by atoms with Gasteiger partial charge in [0.05, 0.1) is 13.2 Å². The molecular formula is C15H16FNO2. The van der Waals surface area contributed by atoms with Crippen molar-refractivity contribution >= 4 is 0 Å². The van der Waals surface area contributed by atoms with Crippen LogP contribution < -0.4 is 5.32 Å². The summed E-state index contributed by atoms with van der Waals surface area (Å²) in [5, 5.41) is 3.39. The highest BCUT2D eigenvalue weighted by Gasteiger charge is 2.15. The lowest BCUT2D eigenvalue weighted by Crippen LogP contribution is -2.28. The smallest absolute Gasteiger partial charge is 0.134 e. The third-order valence-corrected chi connectivity index (χ3v) is 3.29. The van der Waals surface area contributed by atoms with E-state index in [1.165, 1.54) is 12.1 Å². The van der Waals surface area contributed by atoms with Gasteiger partial charge in [0, 0.05) is 18.2 Å². The fraction of sp³-hybridized carbons (Fsp3) is 0.333. The molecule has 0 bridgehead atoms. The first-order chi connectivity index (χ1) is 9.31. The van der Waals surface area contributed by atoms with Gasteiger partial charge in [-0.1, -0.05) is 0 Å². The van der Waals surface area contributed by atoms with E-state index in [1.807, 2.05) is 12.1 Å². The summed E-state index contributed by atoms with van der Waals surface area (Å²) in [6.07, 6.45) is 1.05. The summed E-state index contributed by atoms with van der Waals surface area (Å²) in [5.74, 6) is 1.41. The van der Waals surface area contributed by atoms with Crippen molar-refractivity contribution in [2.24, 2.45) is 0 Å². The highest BCUT2D eigenvalue weighted by Crippen LogP contribution is 2.22. The highest BCUT2D eigenvalue weighted by atomic mass is 19.1. The molecule has 3 rings (SSSR count). The van der Waals surface area contributed by atoms with Crippen LogP contribution >= 0.6 is 0 Å². The van der Waals surface area contributed by atoms with Gasteiger partial charge in [0.25, 0.3) is 0 Å². The fourth-order valence-corrected chi connectivity index (χ4v) is 2.18. The van der Waals surface area contributed by atoms with E-state index in [9.17, 15) is 4.39 Å². The molecular weight excluding hydrogens is 245 g/mol. The van der Waals surface area contributed by atoms with Gasteiger partial charge in [-0.3, -0.25) is 0 Å². The molecule has 0 amide bonds. The minimum atomic E-state index is -0.238. The lowest BCUT2D eigenvalue weighted by atomic mass is 10.2. The lowest BCUT2D eigenvalue weighted by Gasteiger charge is -2.08. The van der Waals surface area contributed by atoms with E-state index >= 15 is 0 Å². The maximum atomic E-state index is 12.8. The Morgan fingerprint density at radius 2 is 2.00 bits per heavy atom. The van der Waals surface area contributed by atoms with Gasteiger partial charge in [0.1, 0.15) is 17.3 Å². The first-order valence-corrected chi connectivity index (χ1v) is 6.47. The second-order valence-electron chi connectivity index (χ2n) is 4.71. The van der Waals surface area contributed by atoms with Crippen molar-refractivity contribution in [1.82, 2.24) is 5.32 Å². The summed E-state index contributed by atoms with van der Waals surface area (Å²) in [6.45, 7) is 2.29. The van der Waals surface area contributed by atoms with Crippen LogP contribution in [0.1, 0.15) is 12.2 Å². The highest BCUT2D eigenvalue weighted by molar-refractivity contribution is 5.57. The third-order valence-electron chi connectivity index (χ3n) is 3.29. The zero-order valence-electron chi connectivity index (χ0n) is 10.6. The van der Waals surface area contributed by atoms with Crippen LogP contribution in [0.2, 0.25) is 0 Å². The Morgan fingerprint density at radius 1 is 1.16 bits per heavy atom. The fourth-order valence-electron chi connectivity index (χ4n) is 2.18. The average Bonchev–Trinajstić information content (AvgIpc) is 3.09. The van der Waals surface area contributed by atoms with Crippen molar-refractivity contribution in [3.63, 3.8) is 0 Å². The van der Waals surface area contributed by atoms with Crippen LogP contribution in [0.5, 0.6) is 0 Å². The van der Waals surface area contributed by atoms with E-state index in [2.05, 4.69) is 5.32 Å². The number of hydrogen-bond donors (Lipinski definition) is 1. The van der Waals surface area contributed by atoms with E-state index in [1.54, 1.807) is 12.1 Å². The monoisotopic (exact) mass is 261 g/mol. The van der Waals surface area contributed by atoms with Gasteiger partial charge >= 0.3 is 0 Å². The van der Waals surface area contributed by atoms with Crippen molar-refractivity contribution in [3.05, 3.63) is 48.0 Å². The summed E-state index contributed by atoms with van der Waals surface area (Å²) in [5.41, 5.74) is 0.886. The summed E-state index contributed by atoms with van der Waals surface area (Å²) in [7, 11) is 0. The van der Waals surface area contributed by atoms with Crippen LogP contribution in [-0.2, 0) is 11.3 Å². The van der Waals surface area contributed by atoms with Crippen LogP contribution in [0.4, 0.5) is 4.39 Å². The molecule has 1 aliphatic rings. The molecule has 0 aliphatic carbocycles. The molecule has 2 heterocycles. The zero-order chi connectivity index (χ0) is 13.1. The second kappa shape index (κ2) is 5.55. The molecule has 4 heteroatoms. The van der Waals surface area contributed by atoms with Gasteiger partial charge in [-0.2, -0.15) is 0 Å². The van der Waals surface area contributed by atoms with Gasteiger partial charge in [-0.05, 0) is 42.8 Å². The molecule has 0 saturated carbocycles. The molecule has 1 aromatic heterocycles. The number of hydrogen-bond acceptors (Lipinski definition) is 3. The summed E-state index contributed by atoms with van der Waals surface area (Å²) in [4.78, 5) is 0. The van der Waals surface area contributed by atoms with E-state index in [4.69, 9.17) is 9.15 Å². The Labute approximate surface area is 111 Å². The van der Waals surface area contributed by atoms with Crippen LogP contribution in [-0.4, -0.2) is 19.3 Å². The average molecular weight is 261 g/mol. The number of nitrogens with one attached hydrogen (secondary N) is 1. The molecule has 1 unspecified atom stereocenters. The Bertz CT molecular complexity index is 529. The topological polar surface area (TPSA) is 34.4 Å². The molecule has 1 N–H and O–H groups in total. The molecule has 1 fully saturated rings. The van der Waals surface area contributed by atoms with E-state index in [0.717, 1.165) is 36.7 Å². The minimum Gasteiger partial charge on any atom is -0.460 e. The molecule has 0 radical (unpaired) electrons. The summed E-state index contributed by atoms with van der Waals surface area (Å²) < 4.78 is 23.9. The maximum Gasteiger partial charge on any atom is 0.134 e. The molecule has 19 heavy (non-hydrogen) atoms. The summed E-state index contributed by atoms with van der Waals surface area (Å²) >= 11 is 0. The molecule has 100 valence electrons. The third kappa shape index (κ3) is 3.03. The van der Waals surface area contributed by atoms with Crippen LogP contribution in [0.3, 0.4) is 0 Å². The quantitative estimate of drug-likeness (QED) is 0.918. The maximum absolute atomic E-state index is 12.8. The van der Waals surface area contributed by atoms with Crippen molar-refractivity contribution in [2.75, 3.05) is 13.2 Å². The molecule has 2 aromatic rings. The minimum absolute atomic E-state index is 0.238. The number of benzene rings is 1. The number of rotatable bonds is 4. The molecule has 1 saturated heterocycles. The molecule has 1 aliphatic heterocycles. The number of ether oxygens (including phenoxy) is 1. The van der Waals surface area contributed by atoms with Gasteiger partial charge in [-0.15, -0.1) is 0 Å². The van der Waals surface area contributed by atoms with Gasteiger partial charge in [-0.25, -0.2) is 4.39 Å². The molecule has 3 nitrogen and oxygen atoms in total. The SMILES string of the molecule is Fc1ccc(-c2ccc(CNC3CCOC3)o2)cc1. The number of halogens is 1. The van der Waals surface area contributed by atoms with Crippen molar-refractivity contribution in [3.8, 4) is 11.3 Å². The lowest BCUT2D eigenvalue weighted by molar-refractivity contribution is 0.189. The van der Waals surface area contributed by atoms with Crippen LogP contribution in [0.25, 0.3) is 11.3 Å². The van der Waals surface area contributed by atoms with Gasteiger partial charge in [0.15, 0.2) is 0 Å². The first kappa shape index (κ1) is 12.4. The van der Waals surface area contributed by atoms with Crippen LogP contribution in [0, 0.1) is 5.82 Å². The predicted octanol–water partition coefficient (Wildman–Crippen LogP) is 2.96. The zero-order valence-corrected chi connectivity index (χ0v) is 10.6. The predicted molar refractivity (Wildman–Crippen MR) is 70.2 cm³/mol. The Morgan fingerprint density at radius 3 is 2.74 bits per heavy atom. The largest absolute Gasteiger partial charge is 0.460 e. The molecule has 0 spiro atoms. The Balaban J connectivity index is 1.63. The molecule has 1 atom stereocenters. The van der Waals surface area contributed by atoms with Gasteiger partial charge in [0.2, 0.25) is 0 Å². The van der Waals surface area contributed by atoms with Gasteiger partial charge < -0.3 is 14.5 Å².